The molecule has 1 N–H and O–H groups in total. The highest BCUT2D eigenvalue weighted by Gasteiger charge is 2.30. The molecule has 2 nitrogen and oxygen atoms in total. The van der Waals surface area contributed by atoms with E-state index in [1.165, 1.54) is 97.2 Å². The second-order valence-corrected chi connectivity index (χ2v) is 14.8. The summed E-state index contributed by atoms with van der Waals surface area (Å²) in [5.74, 6) is 0. The average molecular weight is 666 g/mol. The molecule has 51 heavy (non-hydrogen) atoms. The van der Waals surface area contributed by atoms with Crippen LogP contribution in [0, 0.1) is 6.92 Å². The van der Waals surface area contributed by atoms with Gasteiger partial charge in [0.1, 0.15) is 0 Å². The van der Waals surface area contributed by atoms with Gasteiger partial charge in [0.15, 0.2) is 7.28 Å². The molecule has 0 saturated heterocycles. The molecule has 11 rings (SSSR count). The molecule has 2 aromatic heterocycles. The monoisotopic (exact) mass is 665 g/mol. The number of rotatable bonds is 4. The van der Waals surface area contributed by atoms with Crippen molar-refractivity contribution < 1.29 is 0 Å². The summed E-state index contributed by atoms with van der Waals surface area (Å²) in [5, 5.41) is 11.5. The molecule has 0 aliphatic carbocycles. The van der Waals surface area contributed by atoms with E-state index < -0.39 is 0 Å². The first-order valence-electron chi connectivity index (χ1n) is 17.5. The number of nitrogens with zero attached hydrogens (tertiary/aromatic N) is 1. The van der Waals surface area contributed by atoms with Crippen LogP contribution in [0.4, 0.5) is 11.4 Å². The van der Waals surface area contributed by atoms with Crippen molar-refractivity contribution in [2.45, 2.75) is 6.92 Å². The highest BCUT2D eigenvalue weighted by Crippen LogP contribution is 2.45. The number of hydrogen-bond donors (Lipinski definition) is 1. The SMILES string of the molecule is Cc1ccc(Nc2ccccc2-c2cc(-c3ccccc3)c3c4c5ccccc5ccc4n4c3c2[B]c2cc3sc5ccccc5c3cc2-4)cc1. The Morgan fingerprint density at radius 2 is 1.33 bits per heavy atom. The molecule has 3 heterocycles. The zero-order valence-electron chi connectivity index (χ0n) is 27.9. The Morgan fingerprint density at radius 1 is 0.569 bits per heavy atom. The standard InChI is InChI=1S/C47H30BN2S/c1-28-19-22-31(23-20-28)49-39-17-9-7-15-33(39)37-25-35(29-11-3-2-4-12-29)45-44-32-14-6-5-13-30(32)21-24-40(44)50-41-26-36-34-16-8-10-18-42(34)51-43(36)27-38(41)48-46(37)47(45)50/h2-27,49H,1H3. The van der Waals surface area contributed by atoms with Crippen LogP contribution >= 0.6 is 11.3 Å². The Balaban J connectivity index is 1.30. The van der Waals surface area contributed by atoms with Crippen molar-refractivity contribution in [3.05, 3.63) is 163 Å². The van der Waals surface area contributed by atoms with E-state index in [0.717, 1.165) is 11.4 Å². The minimum atomic E-state index is 1.08. The van der Waals surface area contributed by atoms with Crippen LogP contribution in [-0.4, -0.2) is 11.8 Å². The number of hydrogen-bond acceptors (Lipinski definition) is 2. The number of thiophene rings is 1. The maximum Gasteiger partial charge on any atom is 0.197 e. The van der Waals surface area contributed by atoms with Crippen molar-refractivity contribution in [2.24, 2.45) is 0 Å². The first-order valence-corrected chi connectivity index (χ1v) is 18.3. The van der Waals surface area contributed by atoms with Gasteiger partial charge >= 0.3 is 0 Å². The molecule has 1 radical (unpaired) electrons. The van der Waals surface area contributed by atoms with Crippen molar-refractivity contribution in [1.82, 2.24) is 4.57 Å². The summed E-state index contributed by atoms with van der Waals surface area (Å²) in [5.41, 5.74) is 14.5. The molecule has 0 unspecified atom stereocenters. The van der Waals surface area contributed by atoms with Gasteiger partial charge in [-0.05, 0) is 88.4 Å². The summed E-state index contributed by atoms with van der Waals surface area (Å²) < 4.78 is 5.21. The Labute approximate surface area is 300 Å². The molecule has 0 atom stereocenters. The summed E-state index contributed by atoms with van der Waals surface area (Å²) in [4.78, 5) is 0. The lowest BCUT2D eigenvalue weighted by molar-refractivity contribution is 1.20. The highest BCUT2D eigenvalue weighted by atomic mass is 32.1. The summed E-state index contributed by atoms with van der Waals surface area (Å²) in [6.45, 7) is 2.13. The molecule has 0 saturated carbocycles. The molecular formula is C47H30BN2S. The predicted octanol–water partition coefficient (Wildman–Crippen LogP) is 11.7. The fraction of sp³-hybridized carbons (Fsp3) is 0.0213. The normalized spacial score (nSPS) is 12.2. The first-order chi connectivity index (χ1) is 25.2. The molecule has 1 aliphatic heterocycles. The van der Waals surface area contributed by atoms with Crippen LogP contribution in [0.5, 0.6) is 0 Å². The molecule has 0 bridgehead atoms. The Bertz CT molecular complexity index is 3030. The van der Waals surface area contributed by atoms with E-state index >= 15 is 0 Å². The number of anilines is 2. The lowest BCUT2D eigenvalue weighted by atomic mass is 9.58. The molecule has 0 fully saturated rings. The molecule has 4 heteroatoms. The van der Waals surface area contributed by atoms with Crippen molar-refractivity contribution in [1.29, 1.82) is 0 Å². The molecule has 0 amide bonds. The quantitative estimate of drug-likeness (QED) is 0.185. The maximum absolute atomic E-state index is 3.78. The number of fused-ring (bicyclic) bond motifs is 10. The number of para-hydroxylation sites is 1. The fourth-order valence-corrected chi connectivity index (χ4v) is 9.46. The third-order valence-corrected chi connectivity index (χ3v) is 11.8. The van der Waals surface area contributed by atoms with Gasteiger partial charge in [0.25, 0.3) is 0 Å². The molecule has 237 valence electrons. The van der Waals surface area contributed by atoms with Gasteiger partial charge in [-0.1, -0.05) is 120 Å². The third kappa shape index (κ3) is 4.30. The van der Waals surface area contributed by atoms with E-state index in [0.29, 0.717) is 0 Å². The van der Waals surface area contributed by atoms with Crippen LogP contribution < -0.4 is 16.2 Å². The van der Waals surface area contributed by atoms with E-state index in [9.17, 15) is 0 Å². The smallest absolute Gasteiger partial charge is 0.197 e. The lowest BCUT2D eigenvalue weighted by Crippen LogP contribution is -2.37. The summed E-state index contributed by atoms with van der Waals surface area (Å²) in [7, 11) is 2.45. The van der Waals surface area contributed by atoms with Gasteiger partial charge < -0.3 is 9.88 Å². The van der Waals surface area contributed by atoms with Crippen LogP contribution in [-0.2, 0) is 0 Å². The average Bonchev–Trinajstić information content (AvgIpc) is 3.72. The summed E-state index contributed by atoms with van der Waals surface area (Å²) in [6, 6.07) is 58.0. The van der Waals surface area contributed by atoms with Crippen molar-refractivity contribution in [3.8, 4) is 27.9 Å². The van der Waals surface area contributed by atoms with E-state index in [4.69, 9.17) is 0 Å². The van der Waals surface area contributed by atoms with Gasteiger partial charge in [-0.25, -0.2) is 0 Å². The van der Waals surface area contributed by atoms with E-state index in [-0.39, 0.29) is 0 Å². The first kappa shape index (κ1) is 28.7. The van der Waals surface area contributed by atoms with E-state index in [2.05, 4.69) is 182 Å². The van der Waals surface area contributed by atoms with Crippen molar-refractivity contribution >= 4 is 93.7 Å². The van der Waals surface area contributed by atoms with Gasteiger partial charge in [0, 0.05) is 59.1 Å². The number of aromatic nitrogens is 1. The zero-order chi connectivity index (χ0) is 33.6. The van der Waals surface area contributed by atoms with Crippen molar-refractivity contribution in [3.63, 3.8) is 0 Å². The van der Waals surface area contributed by atoms with Gasteiger partial charge in [0.05, 0.1) is 5.52 Å². The van der Waals surface area contributed by atoms with Crippen LogP contribution in [0.15, 0.2) is 158 Å². The second-order valence-electron chi connectivity index (χ2n) is 13.7. The summed E-state index contributed by atoms with van der Waals surface area (Å²) >= 11 is 1.88. The fourth-order valence-electron chi connectivity index (χ4n) is 8.32. The van der Waals surface area contributed by atoms with E-state index in [1.54, 1.807) is 0 Å². The minimum Gasteiger partial charge on any atom is -0.355 e. The van der Waals surface area contributed by atoms with Gasteiger partial charge in [-0.15, -0.1) is 11.3 Å². The van der Waals surface area contributed by atoms with Gasteiger partial charge in [-0.2, -0.15) is 0 Å². The topological polar surface area (TPSA) is 17.0 Å². The van der Waals surface area contributed by atoms with E-state index in [1.807, 2.05) is 11.3 Å². The Kier molecular flexibility index (Phi) is 6.17. The third-order valence-electron chi connectivity index (χ3n) is 10.7. The number of nitrogens with one attached hydrogen (secondary N) is 1. The van der Waals surface area contributed by atoms with Gasteiger partial charge in [0.2, 0.25) is 0 Å². The lowest BCUT2D eigenvalue weighted by Gasteiger charge is -2.25. The van der Waals surface area contributed by atoms with Gasteiger partial charge in [-0.3, -0.25) is 0 Å². The summed E-state index contributed by atoms with van der Waals surface area (Å²) in [6.07, 6.45) is 0. The molecule has 10 aromatic rings. The number of aryl methyl sites for hydroxylation is 1. The van der Waals surface area contributed by atoms with Crippen LogP contribution in [0.2, 0.25) is 0 Å². The molecule has 8 aromatic carbocycles. The van der Waals surface area contributed by atoms with Crippen LogP contribution in [0.3, 0.4) is 0 Å². The number of benzene rings is 8. The minimum absolute atomic E-state index is 1.08. The van der Waals surface area contributed by atoms with Crippen LogP contribution in [0.1, 0.15) is 5.56 Å². The molecular weight excluding hydrogens is 635 g/mol. The van der Waals surface area contributed by atoms with Crippen LogP contribution in [0.25, 0.3) is 80.7 Å². The highest BCUT2D eigenvalue weighted by molar-refractivity contribution is 7.26. The Morgan fingerprint density at radius 3 is 2.22 bits per heavy atom. The Hall–Kier alpha value is -6.10. The zero-order valence-corrected chi connectivity index (χ0v) is 28.8. The molecule has 0 spiro atoms. The maximum atomic E-state index is 3.78. The molecule has 1 aliphatic rings. The second kappa shape index (κ2) is 11.0. The van der Waals surface area contributed by atoms with Crippen molar-refractivity contribution in [2.75, 3.05) is 5.32 Å². The largest absolute Gasteiger partial charge is 0.355 e. The predicted molar refractivity (Wildman–Crippen MR) is 222 cm³/mol.